The molecule has 2 atom stereocenters. The van der Waals surface area contributed by atoms with Gasteiger partial charge in [0.25, 0.3) is 0 Å². The van der Waals surface area contributed by atoms with Crippen LogP contribution in [0.25, 0.3) is 0 Å². The second kappa shape index (κ2) is 49.9. The summed E-state index contributed by atoms with van der Waals surface area (Å²) in [6, 6.07) is 0. The number of phosphoric ester groups is 1. The third-order valence-corrected chi connectivity index (χ3v) is 11.6. The van der Waals surface area contributed by atoms with Gasteiger partial charge in [0, 0.05) is 19.6 Å². The molecule has 2 unspecified atom stereocenters. The minimum Gasteiger partial charge on any atom is -0.457 e. The molecule has 0 fully saturated rings. The number of nitrogens with two attached hydrogens (primary N) is 1. The van der Waals surface area contributed by atoms with Crippen molar-refractivity contribution in [1.29, 1.82) is 0 Å². The molecule has 0 amide bonds. The van der Waals surface area contributed by atoms with E-state index in [-0.39, 0.29) is 38.8 Å². The van der Waals surface area contributed by atoms with Gasteiger partial charge in [0.2, 0.25) is 0 Å². The normalized spacial score (nSPS) is 13.9. The van der Waals surface area contributed by atoms with Crippen LogP contribution in [-0.4, -0.2) is 49.9 Å². The van der Waals surface area contributed by atoms with E-state index >= 15 is 0 Å². The van der Waals surface area contributed by atoms with Crippen molar-refractivity contribution in [3.05, 3.63) is 72.9 Å². The van der Waals surface area contributed by atoms with Gasteiger partial charge < -0.3 is 20.1 Å². The number of hydrogen-bond acceptors (Lipinski definition) is 7. The van der Waals surface area contributed by atoms with Crippen molar-refractivity contribution >= 4 is 13.8 Å². The Morgan fingerprint density at radius 2 is 0.903 bits per heavy atom. The zero-order chi connectivity index (χ0) is 45.1. The number of hydrogen-bond donors (Lipinski definition) is 2. The molecule has 0 spiro atoms. The first kappa shape index (κ1) is 59.9. The molecular weight excluding hydrogens is 794 g/mol. The highest BCUT2D eigenvalue weighted by Gasteiger charge is 2.25. The Labute approximate surface area is 382 Å². The highest BCUT2D eigenvalue weighted by Crippen LogP contribution is 2.43. The monoisotopic (exact) mass is 890 g/mol. The van der Waals surface area contributed by atoms with Crippen molar-refractivity contribution in [1.82, 2.24) is 0 Å². The third kappa shape index (κ3) is 49.0. The van der Waals surface area contributed by atoms with Crippen LogP contribution in [0, 0.1) is 0 Å². The van der Waals surface area contributed by atoms with Crippen LogP contribution >= 0.6 is 7.82 Å². The van der Waals surface area contributed by atoms with Crippen LogP contribution in [-0.2, 0) is 27.9 Å². The molecule has 0 aromatic heterocycles. The van der Waals surface area contributed by atoms with Gasteiger partial charge in [0.05, 0.1) is 19.8 Å². The molecule has 0 aliphatic heterocycles. The summed E-state index contributed by atoms with van der Waals surface area (Å²) in [5.41, 5.74) is 5.38. The summed E-state index contributed by atoms with van der Waals surface area (Å²) in [5, 5.41) is 0. The molecule has 0 rings (SSSR count). The van der Waals surface area contributed by atoms with Crippen molar-refractivity contribution < 1.29 is 32.8 Å². The fourth-order valence-corrected chi connectivity index (χ4v) is 7.71. The molecule has 8 nitrogen and oxygen atoms in total. The predicted molar refractivity (Wildman–Crippen MR) is 265 cm³/mol. The molecule has 3 N–H and O–H groups in total. The molecule has 0 bridgehead atoms. The lowest BCUT2D eigenvalue weighted by Gasteiger charge is -2.20. The fourth-order valence-electron chi connectivity index (χ4n) is 6.94. The van der Waals surface area contributed by atoms with E-state index < -0.39 is 13.9 Å². The Morgan fingerprint density at radius 3 is 1.32 bits per heavy atom. The molecule has 0 aromatic carbocycles. The summed E-state index contributed by atoms with van der Waals surface area (Å²) in [4.78, 5) is 22.6. The van der Waals surface area contributed by atoms with Gasteiger partial charge in [0.15, 0.2) is 0 Å². The van der Waals surface area contributed by atoms with Gasteiger partial charge in [-0.3, -0.25) is 13.8 Å². The molecule has 0 saturated carbocycles. The van der Waals surface area contributed by atoms with E-state index in [1.807, 2.05) is 0 Å². The maximum Gasteiger partial charge on any atom is 0.472 e. The maximum absolute atomic E-state index is 12.6. The second-order valence-corrected chi connectivity index (χ2v) is 18.1. The number of ether oxygens (including phenoxy) is 2. The number of unbranched alkanes of at least 4 members (excludes halogenated alkanes) is 23. The Bertz CT molecular complexity index is 1180. The average Bonchev–Trinajstić information content (AvgIpc) is 3.26. The number of allylic oxidation sites excluding steroid dienone is 12. The molecule has 9 heteroatoms. The Morgan fingerprint density at radius 1 is 0.500 bits per heavy atom. The summed E-state index contributed by atoms with van der Waals surface area (Å²) < 4.78 is 33.5. The Kier molecular flexibility index (Phi) is 48.3. The summed E-state index contributed by atoms with van der Waals surface area (Å²) in [6.07, 6.45) is 63.7. The maximum atomic E-state index is 12.6. The molecule has 62 heavy (non-hydrogen) atoms. The van der Waals surface area contributed by atoms with E-state index in [9.17, 15) is 14.3 Å². The zero-order valence-corrected chi connectivity index (χ0v) is 41.0. The predicted octanol–water partition coefficient (Wildman–Crippen LogP) is 15.9. The summed E-state index contributed by atoms with van der Waals surface area (Å²) in [6.45, 7) is 4.77. The molecule has 360 valence electrons. The lowest BCUT2D eigenvalue weighted by atomic mass is 10.0. The van der Waals surface area contributed by atoms with Crippen molar-refractivity contribution in [2.24, 2.45) is 5.73 Å². The van der Waals surface area contributed by atoms with Gasteiger partial charge in [-0.05, 0) is 64.2 Å². The number of carbonyl (C=O) groups is 1. The SMILES string of the molecule is CC/C=C\C/C=C\C/C=C\C/C=C\C/C=C\C/C=C\CCCCC(=O)OC(COCCCCCCCCCCCCCCCCCCCCCCCC)COP(=O)(O)OCCN. The molecule has 0 saturated heterocycles. The number of rotatable bonds is 48. The number of esters is 1. The zero-order valence-electron chi connectivity index (χ0n) is 40.1. The topological polar surface area (TPSA) is 117 Å². The molecule has 0 aliphatic carbocycles. The van der Waals surface area contributed by atoms with Gasteiger partial charge in [0.1, 0.15) is 6.10 Å². The first-order valence-corrected chi connectivity index (χ1v) is 26.9. The van der Waals surface area contributed by atoms with Crippen LogP contribution < -0.4 is 5.73 Å². The first-order chi connectivity index (χ1) is 30.4. The van der Waals surface area contributed by atoms with E-state index in [4.69, 9.17) is 24.3 Å². The van der Waals surface area contributed by atoms with Crippen molar-refractivity contribution in [3.63, 3.8) is 0 Å². The third-order valence-electron chi connectivity index (χ3n) is 10.6. The first-order valence-electron chi connectivity index (χ1n) is 25.4. The van der Waals surface area contributed by atoms with Gasteiger partial charge >= 0.3 is 13.8 Å². The molecule has 0 aromatic rings. The van der Waals surface area contributed by atoms with Gasteiger partial charge in [-0.2, -0.15) is 0 Å². The second-order valence-electron chi connectivity index (χ2n) is 16.7. The Balaban J connectivity index is 4.02. The largest absolute Gasteiger partial charge is 0.472 e. The van der Waals surface area contributed by atoms with Crippen LogP contribution in [0.15, 0.2) is 72.9 Å². The molecule has 0 radical (unpaired) electrons. The van der Waals surface area contributed by atoms with Gasteiger partial charge in [-0.15, -0.1) is 0 Å². The summed E-state index contributed by atoms with van der Waals surface area (Å²) in [5.74, 6) is -0.370. The van der Waals surface area contributed by atoms with Crippen LogP contribution in [0.3, 0.4) is 0 Å². The highest BCUT2D eigenvalue weighted by molar-refractivity contribution is 7.47. The van der Waals surface area contributed by atoms with E-state index in [0.717, 1.165) is 64.2 Å². The summed E-state index contributed by atoms with van der Waals surface area (Å²) in [7, 11) is -4.30. The fraction of sp³-hybridized carbons (Fsp3) is 0.755. The van der Waals surface area contributed by atoms with Gasteiger partial charge in [-0.25, -0.2) is 4.57 Å². The van der Waals surface area contributed by atoms with E-state index in [0.29, 0.717) is 13.0 Å². The lowest BCUT2D eigenvalue weighted by molar-refractivity contribution is -0.154. The highest BCUT2D eigenvalue weighted by atomic mass is 31.2. The van der Waals surface area contributed by atoms with Crippen molar-refractivity contribution in [2.75, 3.05) is 33.0 Å². The minimum atomic E-state index is -4.30. The molecular formula is C53H96NO7P. The van der Waals surface area contributed by atoms with Crippen LogP contribution in [0.1, 0.15) is 219 Å². The number of phosphoric acid groups is 1. The van der Waals surface area contributed by atoms with E-state index in [1.54, 1.807) is 0 Å². The van der Waals surface area contributed by atoms with E-state index in [1.165, 1.54) is 128 Å². The molecule has 0 heterocycles. The van der Waals surface area contributed by atoms with Gasteiger partial charge in [-0.1, -0.05) is 222 Å². The number of carbonyl (C=O) groups excluding carboxylic acids is 1. The Hall–Kier alpha value is -2.06. The van der Waals surface area contributed by atoms with Crippen molar-refractivity contribution in [2.45, 2.75) is 225 Å². The average molecular weight is 890 g/mol. The molecule has 0 aliphatic rings. The van der Waals surface area contributed by atoms with E-state index in [2.05, 4.69) is 86.8 Å². The van der Waals surface area contributed by atoms with Crippen LogP contribution in [0.4, 0.5) is 0 Å². The quantitative estimate of drug-likeness (QED) is 0.0268. The minimum absolute atomic E-state index is 0.0908. The van der Waals surface area contributed by atoms with Crippen molar-refractivity contribution in [3.8, 4) is 0 Å². The van der Waals surface area contributed by atoms with Crippen LogP contribution in [0.2, 0.25) is 0 Å². The van der Waals surface area contributed by atoms with Crippen LogP contribution in [0.5, 0.6) is 0 Å². The smallest absolute Gasteiger partial charge is 0.457 e. The summed E-state index contributed by atoms with van der Waals surface area (Å²) >= 11 is 0. The lowest BCUT2D eigenvalue weighted by Crippen LogP contribution is -2.28. The standard InChI is InChI=1S/C53H96NO7P/c1-3-5-7-9-11-13-15-17-19-21-23-25-27-29-31-33-35-37-39-41-43-45-48-58-50-52(51-60-62(56,57)59-49-47-54)61-53(55)46-44-42-40-38-36-34-32-30-28-26-24-22-20-18-16-14-12-10-8-6-4-2/h6,8,12,14,18,20,24,26,30,32,36,38,52H,3-5,7,9-11,13,15-17,19,21-23,25,27-29,31,33-35,37,39-51,54H2,1-2H3,(H,56,57)/b8-6-,14-12-,20-18-,26-24-,32-30-,38-36-.